The highest BCUT2D eigenvalue weighted by molar-refractivity contribution is 6.24. The molecule has 2 aromatic rings. The van der Waals surface area contributed by atoms with Crippen molar-refractivity contribution in [2.75, 3.05) is 30.4 Å². The van der Waals surface area contributed by atoms with E-state index in [1.165, 1.54) is 53.2 Å². The number of methoxy groups -OCH3 is 1. The Morgan fingerprint density at radius 2 is 1.74 bits per heavy atom. The molecule has 0 saturated carbocycles. The number of allylic oxidation sites excluding steroid dienone is 2. The molecule has 6 N–H and O–H groups in total. The number of nitrogens with one attached hydrogen (secondary N) is 1. The zero-order valence-electron chi connectivity index (χ0n) is 38.2. The lowest BCUT2D eigenvalue weighted by Gasteiger charge is -2.38. The van der Waals surface area contributed by atoms with Crippen molar-refractivity contribution in [3.63, 3.8) is 0 Å². The van der Waals surface area contributed by atoms with Crippen LogP contribution in [0.15, 0.2) is 62.6 Å². The Morgan fingerprint density at radius 3 is 2.38 bits per heavy atom. The van der Waals surface area contributed by atoms with Crippen molar-refractivity contribution in [3.05, 3.63) is 69.6 Å². The number of aliphatic hydroxyl groups is 2. The molecule has 1 saturated heterocycles. The van der Waals surface area contributed by atoms with E-state index in [2.05, 4.69) is 22.3 Å². The minimum Gasteiger partial charge on any atom is -0.507 e. The van der Waals surface area contributed by atoms with Gasteiger partial charge in [-0.25, -0.2) is 4.98 Å². The average Bonchev–Trinajstić information content (AvgIpc) is 3.84. The third kappa shape index (κ3) is 8.36. The number of nitrogens with zero attached hydrogens (tertiary/aromatic N) is 3. The number of anilines is 2. The molecule has 0 spiro atoms. The summed E-state index contributed by atoms with van der Waals surface area (Å²) in [6.45, 7) is 16.3. The summed E-state index contributed by atoms with van der Waals surface area (Å²) >= 11 is 0. The van der Waals surface area contributed by atoms with E-state index >= 15 is 0 Å². The lowest BCUT2D eigenvalue weighted by atomic mass is 9.78. The van der Waals surface area contributed by atoms with Crippen molar-refractivity contribution < 1.29 is 58.6 Å². The maximum atomic E-state index is 14.9. The quantitative estimate of drug-likeness (QED) is 0.0423. The second kappa shape index (κ2) is 18.0. The number of carbonyl (C=O) groups excluding carboxylic acids is 2. The number of benzene rings is 3. The van der Waals surface area contributed by atoms with Crippen molar-refractivity contribution in [3.8, 4) is 28.7 Å². The number of aliphatic hydroxyl groups excluding tert-OH is 2. The van der Waals surface area contributed by atoms with E-state index < -0.39 is 76.9 Å². The van der Waals surface area contributed by atoms with E-state index in [1.807, 2.05) is 0 Å². The van der Waals surface area contributed by atoms with Crippen molar-refractivity contribution in [2.45, 2.75) is 98.9 Å². The topological polar surface area (TPSA) is 243 Å². The number of carbonyl (C=O) groups is 2. The van der Waals surface area contributed by atoms with E-state index in [9.17, 15) is 40.0 Å². The van der Waals surface area contributed by atoms with Crippen molar-refractivity contribution in [2.24, 2.45) is 34.7 Å². The lowest BCUT2D eigenvalue weighted by molar-refractivity contribution is -0.160. The molecule has 1 fully saturated rings. The summed E-state index contributed by atoms with van der Waals surface area (Å²) in [6, 6.07) is 3.27. The smallest absolute Gasteiger partial charge is 0.302 e. The Bertz CT molecular complexity index is 2690. The molecule has 0 unspecified atom stereocenters. The van der Waals surface area contributed by atoms with Gasteiger partial charge in [0.2, 0.25) is 5.43 Å². The molecule has 65 heavy (non-hydrogen) atoms. The molecule has 0 aromatic heterocycles. The number of esters is 1. The Morgan fingerprint density at radius 1 is 1.02 bits per heavy atom. The van der Waals surface area contributed by atoms with E-state index in [1.54, 1.807) is 52.0 Å². The molecular weight excluding hydrogens is 841 g/mol. The maximum Gasteiger partial charge on any atom is 0.302 e. The van der Waals surface area contributed by atoms with Gasteiger partial charge in [-0.1, -0.05) is 58.0 Å². The van der Waals surface area contributed by atoms with Gasteiger partial charge < -0.3 is 59.2 Å². The highest BCUT2D eigenvalue weighted by Gasteiger charge is 2.49. The molecule has 7 rings (SSSR count). The number of aromatic nitrogens is 1. The van der Waals surface area contributed by atoms with Gasteiger partial charge in [-0.3, -0.25) is 14.4 Å². The molecule has 5 aliphatic rings. The summed E-state index contributed by atoms with van der Waals surface area (Å²) < 4.78 is 30.7. The first-order valence-electron chi connectivity index (χ1n) is 21.8. The van der Waals surface area contributed by atoms with Crippen LogP contribution in [0.3, 0.4) is 0 Å². The standard InChI is InChI=1S/C48H58N4O13/c1-21-14-16-52(20-21)29-18-30(54)36-32(19-29)64-45-37(49-36)33-34-41(57)27(7)44-35(33)46(51-60)48(9,65-44)62-17-15-31(61-10)24(4)43(63-28(8)53)26(6)40(56)25(5)39(55)22(2)12-11-13-23(3)47(59)50-38(45)42(34)58/h11-13,15,17-19,21-22,24-26,31,39-40,43,54-57,60H,14,16,20H2,1-10H3,(H,50,59)/b12-11+,17-15+,23-13-,51-46-/t21-,22+,24-,25-,26-,31+,39+,40-,43-,48+/m1/s1. The van der Waals surface area contributed by atoms with Gasteiger partial charge in [0.1, 0.15) is 40.3 Å². The number of amides is 1. The minimum absolute atomic E-state index is 0.0107. The van der Waals surface area contributed by atoms with E-state index in [4.69, 9.17) is 28.3 Å². The van der Waals surface area contributed by atoms with Crippen LogP contribution in [0.25, 0.3) is 33.3 Å². The molecule has 348 valence electrons. The largest absolute Gasteiger partial charge is 0.507 e. The maximum absolute atomic E-state index is 14.9. The Kier molecular flexibility index (Phi) is 13.0. The molecule has 4 bridgehead atoms. The number of fused-ring (bicyclic) bond motifs is 2. The molecule has 4 heterocycles. The summed E-state index contributed by atoms with van der Waals surface area (Å²) in [5, 5.41) is 63.1. The molecule has 17 nitrogen and oxygen atoms in total. The van der Waals surface area contributed by atoms with Gasteiger partial charge in [0.15, 0.2) is 17.1 Å². The van der Waals surface area contributed by atoms with Crippen LogP contribution in [0.4, 0.5) is 11.4 Å². The second-order valence-electron chi connectivity index (χ2n) is 18.0. The lowest BCUT2D eigenvalue weighted by Crippen LogP contribution is -2.46. The van der Waals surface area contributed by atoms with Crippen LogP contribution in [0.2, 0.25) is 0 Å². The van der Waals surface area contributed by atoms with E-state index in [-0.39, 0.29) is 72.9 Å². The molecule has 4 aliphatic heterocycles. The highest BCUT2D eigenvalue weighted by Crippen LogP contribution is 2.51. The summed E-state index contributed by atoms with van der Waals surface area (Å²) in [5.74, 6) is -6.32. The Hall–Kier alpha value is -6.17. The number of ether oxygens (including phenoxy) is 4. The van der Waals surface area contributed by atoms with Crippen LogP contribution in [-0.4, -0.2) is 98.6 Å². The van der Waals surface area contributed by atoms with Gasteiger partial charge in [-0.05, 0) is 32.3 Å². The van der Waals surface area contributed by atoms with Crippen LogP contribution in [0, 0.1) is 36.5 Å². The monoisotopic (exact) mass is 898 g/mol. The first kappa shape index (κ1) is 46.8. The van der Waals surface area contributed by atoms with Crippen LogP contribution >= 0.6 is 0 Å². The van der Waals surface area contributed by atoms with Gasteiger partial charge in [0.25, 0.3) is 11.7 Å². The zero-order chi connectivity index (χ0) is 47.4. The van der Waals surface area contributed by atoms with Crippen molar-refractivity contribution in [1.29, 1.82) is 0 Å². The van der Waals surface area contributed by atoms with Crippen LogP contribution in [0.5, 0.6) is 17.2 Å². The zero-order valence-corrected chi connectivity index (χ0v) is 38.2. The predicted molar refractivity (Wildman–Crippen MR) is 243 cm³/mol. The predicted octanol–water partition coefficient (Wildman–Crippen LogP) is 6.50. The fourth-order valence-corrected chi connectivity index (χ4v) is 9.38. The summed E-state index contributed by atoms with van der Waals surface area (Å²) in [4.78, 5) is 48.3. The fraction of sp³-hybridized carbons (Fsp3) is 0.479. The molecule has 1 amide bonds. The fourth-order valence-electron chi connectivity index (χ4n) is 9.38. The molecular formula is C48H58N4O13. The summed E-state index contributed by atoms with van der Waals surface area (Å²) in [5.41, 5.74) is -0.525. The minimum atomic E-state index is -1.93. The normalized spacial score (nSPS) is 31.5. The average molecular weight is 899 g/mol. The molecule has 17 heteroatoms. The molecule has 0 radical (unpaired) electrons. The van der Waals surface area contributed by atoms with Crippen LogP contribution in [0.1, 0.15) is 72.9 Å². The van der Waals surface area contributed by atoms with Gasteiger partial charge >= 0.3 is 5.97 Å². The van der Waals surface area contributed by atoms with E-state index in [0.29, 0.717) is 11.6 Å². The number of phenolic OH excluding ortho intramolecular Hbond substituents is 2. The third-order valence-corrected chi connectivity index (χ3v) is 13.3. The first-order valence-corrected chi connectivity index (χ1v) is 21.8. The van der Waals surface area contributed by atoms with Crippen molar-refractivity contribution >= 4 is 50.8 Å². The number of rotatable bonds is 3. The van der Waals surface area contributed by atoms with Crippen LogP contribution < -0.4 is 20.4 Å². The third-order valence-electron chi connectivity index (χ3n) is 13.3. The van der Waals surface area contributed by atoms with Gasteiger partial charge in [-0.15, -0.1) is 0 Å². The van der Waals surface area contributed by atoms with Gasteiger partial charge in [-0.2, -0.15) is 0 Å². The van der Waals surface area contributed by atoms with Gasteiger partial charge in [0.05, 0.1) is 35.5 Å². The summed E-state index contributed by atoms with van der Waals surface area (Å²) in [6.07, 6.45) is 4.54. The second-order valence-corrected chi connectivity index (χ2v) is 18.0. The number of phenols is 2. The number of hydrogen-bond donors (Lipinski definition) is 6. The Labute approximate surface area is 376 Å². The van der Waals surface area contributed by atoms with E-state index in [0.717, 1.165) is 19.5 Å². The first-order chi connectivity index (χ1) is 30.7. The number of hydrogen-bond acceptors (Lipinski definition) is 16. The highest BCUT2D eigenvalue weighted by atomic mass is 16.7. The van der Waals surface area contributed by atoms with Crippen molar-refractivity contribution in [1.82, 2.24) is 4.98 Å². The summed E-state index contributed by atoms with van der Waals surface area (Å²) in [7, 11) is 1.45. The van der Waals surface area contributed by atoms with Crippen LogP contribution in [-0.2, 0) is 23.8 Å². The van der Waals surface area contributed by atoms with Gasteiger partial charge in [0, 0.05) is 92.1 Å². The Balaban J connectivity index is 1.47. The molecule has 10 atom stereocenters. The number of oxime groups is 1. The molecule has 1 aliphatic carbocycles. The SMILES string of the molecule is CO[C@H]1/C=C/O[C@@]2(C)Oc3c(C)c(O)c4c(=O)c(c5oc6cc(N7CC[C@@H](C)C7)cc(O)c6nc-5c4c3/C2=N/O)NC(=O)/C(C)=C\C=C\[C@H](C)[C@H](O)[C@@H](C)[C@@H](O)[C@@H](C)[C@H](OC(C)=O)[C@@H]1C. The molecule has 2 aromatic carbocycles. The number of aromatic hydroxyl groups is 2.